The van der Waals surface area contributed by atoms with Crippen LogP contribution in [0.3, 0.4) is 0 Å². The van der Waals surface area contributed by atoms with Crippen LogP contribution in [0, 0.1) is 17.8 Å². The summed E-state index contributed by atoms with van der Waals surface area (Å²) in [5, 5.41) is 10.1. The van der Waals surface area contributed by atoms with Gasteiger partial charge in [0.05, 0.1) is 6.61 Å². The molecule has 140 valence electrons. The van der Waals surface area contributed by atoms with Crippen LogP contribution in [0.15, 0.2) is 0 Å². The molecule has 6 nitrogen and oxygen atoms in total. The Morgan fingerprint density at radius 1 is 1.21 bits per heavy atom. The Morgan fingerprint density at radius 2 is 1.79 bits per heavy atom. The van der Waals surface area contributed by atoms with Gasteiger partial charge in [-0.3, -0.25) is 9.59 Å². The summed E-state index contributed by atoms with van der Waals surface area (Å²) in [4.78, 5) is 23.0. The molecule has 0 radical (unpaired) electrons. The molecule has 0 atom stereocenters. The lowest BCUT2D eigenvalue weighted by atomic mass is 9.82. The van der Waals surface area contributed by atoms with Gasteiger partial charge >= 0.3 is 0 Å². The van der Waals surface area contributed by atoms with Crippen LogP contribution >= 0.6 is 0 Å². The van der Waals surface area contributed by atoms with E-state index in [9.17, 15) is 4.79 Å². The van der Waals surface area contributed by atoms with Crippen molar-refractivity contribution in [2.75, 3.05) is 39.9 Å². The maximum Gasteiger partial charge on any atom is 0.290 e. The fourth-order valence-electron chi connectivity index (χ4n) is 3.55. The van der Waals surface area contributed by atoms with Gasteiger partial charge in [-0.1, -0.05) is 6.92 Å². The first kappa shape index (κ1) is 20.9. The van der Waals surface area contributed by atoms with Crippen LogP contribution in [-0.4, -0.2) is 62.3 Å². The van der Waals surface area contributed by atoms with Crippen molar-refractivity contribution in [2.45, 2.75) is 45.4 Å². The standard InChI is InChI=1S/C17H32N2O2.CH2O2/c1-14-3-5-16(6-4-14)17(20)18-13-15-7-9-19(10-8-15)11-12-21-2;2-1-3/h14-16H,3-13H2,1-2H3,(H,18,20);1H,(H,2,3). The lowest BCUT2D eigenvalue weighted by Crippen LogP contribution is -2.41. The van der Waals surface area contributed by atoms with Crippen molar-refractivity contribution < 1.29 is 19.4 Å². The maximum absolute atomic E-state index is 12.2. The van der Waals surface area contributed by atoms with Crippen LogP contribution < -0.4 is 5.32 Å². The lowest BCUT2D eigenvalue weighted by molar-refractivity contribution is -0.126. The number of carboxylic acid groups (broad SMARTS) is 1. The maximum atomic E-state index is 12.2. The van der Waals surface area contributed by atoms with Gasteiger partial charge in [-0.15, -0.1) is 0 Å². The van der Waals surface area contributed by atoms with Gasteiger partial charge in [0, 0.05) is 26.1 Å². The minimum absolute atomic E-state index is 0.250. The van der Waals surface area contributed by atoms with Crippen molar-refractivity contribution >= 4 is 12.4 Å². The highest BCUT2D eigenvalue weighted by Gasteiger charge is 2.25. The van der Waals surface area contributed by atoms with Gasteiger partial charge in [0.25, 0.3) is 6.47 Å². The number of carbonyl (C=O) groups is 2. The molecule has 0 aromatic rings. The molecule has 6 heteroatoms. The van der Waals surface area contributed by atoms with E-state index in [2.05, 4.69) is 17.1 Å². The Kier molecular flexibility index (Phi) is 10.7. The SMILES string of the molecule is COCCN1CCC(CNC(=O)C2CCC(C)CC2)CC1.O=CO. The van der Waals surface area contributed by atoms with E-state index in [0.29, 0.717) is 11.8 Å². The second-order valence-corrected chi connectivity index (χ2v) is 7.09. The van der Waals surface area contributed by atoms with E-state index in [1.807, 2.05) is 0 Å². The number of hydrogen-bond acceptors (Lipinski definition) is 4. The third-order valence-corrected chi connectivity index (χ3v) is 5.27. The van der Waals surface area contributed by atoms with E-state index in [1.165, 1.54) is 25.7 Å². The normalized spacial score (nSPS) is 25.4. The first-order valence-corrected chi connectivity index (χ1v) is 9.17. The number of amides is 1. The average Bonchev–Trinajstić information content (AvgIpc) is 2.60. The van der Waals surface area contributed by atoms with E-state index < -0.39 is 0 Å². The summed E-state index contributed by atoms with van der Waals surface area (Å²) in [6.07, 6.45) is 7.01. The number of likely N-dealkylation sites (tertiary alicyclic amines) is 1. The minimum atomic E-state index is -0.250. The van der Waals surface area contributed by atoms with Crippen LogP contribution in [0.1, 0.15) is 45.4 Å². The second kappa shape index (κ2) is 12.3. The van der Waals surface area contributed by atoms with Gasteiger partial charge < -0.3 is 20.1 Å². The number of carbonyl (C=O) groups excluding carboxylic acids is 1. The molecule has 1 aliphatic heterocycles. The van der Waals surface area contributed by atoms with E-state index in [1.54, 1.807) is 7.11 Å². The molecule has 1 saturated heterocycles. The first-order chi connectivity index (χ1) is 11.6. The topological polar surface area (TPSA) is 78.9 Å². The molecule has 0 bridgehead atoms. The Morgan fingerprint density at radius 3 is 2.33 bits per heavy atom. The molecule has 0 aromatic carbocycles. The van der Waals surface area contributed by atoms with E-state index in [4.69, 9.17) is 14.6 Å². The smallest absolute Gasteiger partial charge is 0.290 e. The van der Waals surface area contributed by atoms with Gasteiger partial charge in [0.2, 0.25) is 5.91 Å². The summed E-state index contributed by atoms with van der Waals surface area (Å²) in [5.74, 6) is 2.06. The van der Waals surface area contributed by atoms with Crippen LogP contribution in [0.4, 0.5) is 0 Å². The predicted octanol–water partition coefficient (Wildman–Crippen LogP) is 1.99. The second-order valence-electron chi connectivity index (χ2n) is 7.09. The Bertz CT molecular complexity index is 349. The number of methoxy groups -OCH3 is 1. The van der Waals surface area contributed by atoms with Gasteiger partial charge in [0.15, 0.2) is 0 Å². The quantitative estimate of drug-likeness (QED) is 0.722. The molecule has 1 aliphatic carbocycles. The number of hydrogen-bond donors (Lipinski definition) is 2. The zero-order valence-electron chi connectivity index (χ0n) is 15.2. The Balaban J connectivity index is 0.000000891. The molecule has 1 heterocycles. The summed E-state index contributed by atoms with van der Waals surface area (Å²) in [5.41, 5.74) is 0. The Hall–Kier alpha value is -1.14. The molecule has 1 saturated carbocycles. The third-order valence-electron chi connectivity index (χ3n) is 5.27. The van der Waals surface area contributed by atoms with E-state index >= 15 is 0 Å². The molecule has 2 N–H and O–H groups in total. The van der Waals surface area contributed by atoms with Gasteiger partial charge in [0.1, 0.15) is 0 Å². The summed E-state index contributed by atoms with van der Waals surface area (Å²) < 4.78 is 5.13. The number of ether oxygens (including phenoxy) is 1. The summed E-state index contributed by atoms with van der Waals surface area (Å²) in [7, 11) is 1.76. The molecule has 0 aromatic heterocycles. The van der Waals surface area contributed by atoms with Crippen molar-refractivity contribution in [3.8, 4) is 0 Å². The van der Waals surface area contributed by atoms with Crippen molar-refractivity contribution in [3.63, 3.8) is 0 Å². The number of nitrogens with zero attached hydrogens (tertiary/aromatic N) is 1. The van der Waals surface area contributed by atoms with E-state index in [-0.39, 0.29) is 12.4 Å². The van der Waals surface area contributed by atoms with Gasteiger partial charge in [-0.2, -0.15) is 0 Å². The first-order valence-electron chi connectivity index (χ1n) is 9.17. The van der Waals surface area contributed by atoms with Crippen molar-refractivity contribution in [3.05, 3.63) is 0 Å². The van der Waals surface area contributed by atoms with Crippen LogP contribution in [0.25, 0.3) is 0 Å². The lowest BCUT2D eigenvalue weighted by Gasteiger charge is -2.32. The van der Waals surface area contributed by atoms with E-state index in [0.717, 1.165) is 51.5 Å². The highest BCUT2D eigenvalue weighted by Crippen LogP contribution is 2.28. The zero-order valence-corrected chi connectivity index (χ0v) is 15.2. The predicted molar refractivity (Wildman–Crippen MR) is 93.9 cm³/mol. The summed E-state index contributed by atoms with van der Waals surface area (Å²) in [6, 6.07) is 0. The summed E-state index contributed by atoms with van der Waals surface area (Å²) in [6.45, 7) is 7.07. The van der Waals surface area contributed by atoms with Crippen molar-refractivity contribution in [1.29, 1.82) is 0 Å². The monoisotopic (exact) mass is 342 g/mol. The molecule has 2 fully saturated rings. The molecule has 1 amide bonds. The van der Waals surface area contributed by atoms with Gasteiger partial charge in [-0.25, -0.2) is 0 Å². The van der Waals surface area contributed by atoms with Crippen LogP contribution in [-0.2, 0) is 14.3 Å². The summed E-state index contributed by atoms with van der Waals surface area (Å²) >= 11 is 0. The zero-order chi connectivity index (χ0) is 17.8. The molecular weight excluding hydrogens is 308 g/mol. The average molecular weight is 342 g/mol. The molecule has 0 unspecified atom stereocenters. The molecule has 0 spiro atoms. The largest absolute Gasteiger partial charge is 0.483 e. The number of rotatable bonds is 6. The molecular formula is C18H34N2O4. The molecule has 2 rings (SSSR count). The van der Waals surface area contributed by atoms with Gasteiger partial charge in [-0.05, 0) is 63.5 Å². The van der Waals surface area contributed by atoms with Crippen molar-refractivity contribution in [2.24, 2.45) is 17.8 Å². The van der Waals surface area contributed by atoms with Crippen LogP contribution in [0.5, 0.6) is 0 Å². The third kappa shape index (κ3) is 8.11. The van der Waals surface area contributed by atoms with Crippen molar-refractivity contribution in [1.82, 2.24) is 10.2 Å². The fraction of sp³-hybridized carbons (Fsp3) is 0.889. The molecule has 2 aliphatic rings. The fourth-order valence-corrected chi connectivity index (χ4v) is 3.55. The molecule has 24 heavy (non-hydrogen) atoms. The number of nitrogens with one attached hydrogen (secondary N) is 1. The number of piperidine rings is 1. The minimum Gasteiger partial charge on any atom is -0.483 e. The van der Waals surface area contributed by atoms with Crippen LogP contribution in [0.2, 0.25) is 0 Å². The highest BCUT2D eigenvalue weighted by molar-refractivity contribution is 5.78. The highest BCUT2D eigenvalue weighted by atomic mass is 16.5. The Labute approximate surface area is 145 Å².